The van der Waals surface area contributed by atoms with Gasteiger partial charge in [-0.25, -0.2) is 0 Å². The standard InChI is InChI=1S/C11H14Cl2O3/c1-2-15-6-9(14)7-16-11-4-3-8(12)5-10(11)13/h3-5,9,14H,2,6-7H2,1H3. The fourth-order valence-electron chi connectivity index (χ4n) is 1.08. The Kier molecular flexibility index (Phi) is 5.91. The van der Waals surface area contributed by atoms with Gasteiger partial charge >= 0.3 is 0 Å². The van der Waals surface area contributed by atoms with Gasteiger partial charge in [0, 0.05) is 11.6 Å². The summed E-state index contributed by atoms with van der Waals surface area (Å²) in [7, 11) is 0. The third kappa shape index (κ3) is 4.58. The number of halogens is 2. The smallest absolute Gasteiger partial charge is 0.138 e. The van der Waals surface area contributed by atoms with E-state index in [0.29, 0.717) is 22.4 Å². The first-order chi connectivity index (χ1) is 7.63. The van der Waals surface area contributed by atoms with Crippen molar-refractivity contribution in [3.63, 3.8) is 0 Å². The minimum atomic E-state index is -0.660. The first-order valence-corrected chi connectivity index (χ1v) is 5.72. The number of aliphatic hydroxyl groups is 1. The van der Waals surface area contributed by atoms with Crippen molar-refractivity contribution in [3.05, 3.63) is 28.2 Å². The Morgan fingerprint density at radius 2 is 2.06 bits per heavy atom. The Bertz CT molecular complexity index is 331. The second kappa shape index (κ2) is 6.97. The lowest BCUT2D eigenvalue weighted by Gasteiger charge is -2.13. The number of ether oxygens (including phenoxy) is 2. The van der Waals surface area contributed by atoms with Gasteiger partial charge < -0.3 is 14.6 Å². The summed E-state index contributed by atoms with van der Waals surface area (Å²) in [4.78, 5) is 0. The molecular formula is C11H14Cl2O3. The summed E-state index contributed by atoms with van der Waals surface area (Å²) in [6, 6.07) is 4.93. The molecule has 1 unspecified atom stereocenters. The van der Waals surface area contributed by atoms with E-state index in [4.69, 9.17) is 32.7 Å². The second-order valence-electron chi connectivity index (χ2n) is 3.20. The molecule has 0 heterocycles. The number of benzene rings is 1. The molecule has 0 aliphatic heterocycles. The van der Waals surface area contributed by atoms with E-state index in [0.717, 1.165) is 0 Å². The number of aliphatic hydroxyl groups excluding tert-OH is 1. The van der Waals surface area contributed by atoms with Gasteiger partial charge in [0.2, 0.25) is 0 Å². The van der Waals surface area contributed by atoms with Gasteiger partial charge in [-0.15, -0.1) is 0 Å². The molecular weight excluding hydrogens is 251 g/mol. The van der Waals surface area contributed by atoms with Crippen LogP contribution in [0.1, 0.15) is 6.92 Å². The molecule has 0 saturated heterocycles. The molecule has 0 spiro atoms. The Morgan fingerprint density at radius 1 is 1.31 bits per heavy atom. The fraction of sp³-hybridized carbons (Fsp3) is 0.455. The summed E-state index contributed by atoms with van der Waals surface area (Å²) in [5, 5.41) is 10.4. The summed E-state index contributed by atoms with van der Waals surface area (Å²) >= 11 is 11.6. The Labute approximate surface area is 105 Å². The van der Waals surface area contributed by atoms with E-state index in [1.807, 2.05) is 6.92 Å². The summed E-state index contributed by atoms with van der Waals surface area (Å²) in [6.45, 7) is 2.82. The summed E-state index contributed by atoms with van der Waals surface area (Å²) in [5.74, 6) is 0.501. The van der Waals surface area contributed by atoms with Crippen molar-refractivity contribution in [2.24, 2.45) is 0 Å². The number of rotatable bonds is 6. The summed E-state index contributed by atoms with van der Waals surface area (Å²) < 4.78 is 10.4. The molecule has 0 amide bonds. The molecule has 0 aliphatic carbocycles. The average Bonchev–Trinajstić information content (AvgIpc) is 2.25. The quantitative estimate of drug-likeness (QED) is 0.859. The van der Waals surface area contributed by atoms with E-state index < -0.39 is 6.10 Å². The molecule has 16 heavy (non-hydrogen) atoms. The van der Waals surface area contributed by atoms with E-state index in [1.165, 1.54) is 0 Å². The van der Waals surface area contributed by atoms with Gasteiger partial charge in [-0.05, 0) is 25.1 Å². The molecule has 90 valence electrons. The molecule has 1 aromatic rings. The van der Waals surface area contributed by atoms with Gasteiger partial charge in [0.15, 0.2) is 0 Å². The highest BCUT2D eigenvalue weighted by molar-refractivity contribution is 6.35. The molecule has 1 atom stereocenters. The minimum Gasteiger partial charge on any atom is -0.489 e. The lowest BCUT2D eigenvalue weighted by atomic mass is 10.3. The lowest BCUT2D eigenvalue weighted by molar-refractivity contribution is 0.0165. The van der Waals surface area contributed by atoms with Gasteiger partial charge in [-0.2, -0.15) is 0 Å². The van der Waals surface area contributed by atoms with Gasteiger partial charge in [0.25, 0.3) is 0 Å². The van der Waals surface area contributed by atoms with Crippen LogP contribution < -0.4 is 4.74 Å². The Balaban J connectivity index is 2.42. The summed E-state index contributed by atoms with van der Waals surface area (Å²) in [5.41, 5.74) is 0. The van der Waals surface area contributed by atoms with Crippen LogP contribution in [0, 0.1) is 0 Å². The van der Waals surface area contributed by atoms with E-state index in [2.05, 4.69) is 0 Å². The topological polar surface area (TPSA) is 38.7 Å². The highest BCUT2D eigenvalue weighted by atomic mass is 35.5. The molecule has 0 saturated carbocycles. The normalized spacial score (nSPS) is 12.5. The van der Waals surface area contributed by atoms with E-state index in [-0.39, 0.29) is 13.2 Å². The number of hydrogen-bond acceptors (Lipinski definition) is 3. The Morgan fingerprint density at radius 3 is 2.69 bits per heavy atom. The van der Waals surface area contributed by atoms with Crippen LogP contribution in [-0.4, -0.2) is 31.0 Å². The highest BCUT2D eigenvalue weighted by Crippen LogP contribution is 2.27. The van der Waals surface area contributed by atoms with Crippen molar-refractivity contribution < 1.29 is 14.6 Å². The molecule has 0 aliphatic rings. The van der Waals surface area contributed by atoms with Crippen LogP contribution in [0.25, 0.3) is 0 Å². The lowest BCUT2D eigenvalue weighted by Crippen LogP contribution is -2.23. The van der Waals surface area contributed by atoms with Crippen LogP contribution >= 0.6 is 23.2 Å². The Hall–Kier alpha value is -0.480. The third-order valence-electron chi connectivity index (χ3n) is 1.84. The van der Waals surface area contributed by atoms with E-state index in [9.17, 15) is 5.11 Å². The monoisotopic (exact) mass is 264 g/mol. The molecule has 1 N–H and O–H groups in total. The SMILES string of the molecule is CCOCC(O)COc1ccc(Cl)cc1Cl. The minimum absolute atomic E-state index is 0.140. The van der Waals surface area contributed by atoms with Gasteiger partial charge in [0.1, 0.15) is 18.5 Å². The fourth-order valence-corrected chi connectivity index (χ4v) is 1.54. The van der Waals surface area contributed by atoms with Gasteiger partial charge in [0.05, 0.1) is 11.6 Å². The largest absolute Gasteiger partial charge is 0.489 e. The maximum absolute atomic E-state index is 9.47. The highest BCUT2D eigenvalue weighted by Gasteiger charge is 2.07. The van der Waals surface area contributed by atoms with Crippen molar-refractivity contribution >= 4 is 23.2 Å². The molecule has 1 aromatic carbocycles. The van der Waals surface area contributed by atoms with Crippen LogP contribution in [0.4, 0.5) is 0 Å². The predicted molar refractivity (Wildman–Crippen MR) is 64.5 cm³/mol. The first-order valence-electron chi connectivity index (χ1n) is 4.97. The molecule has 0 bridgehead atoms. The summed E-state index contributed by atoms with van der Waals surface area (Å²) in [6.07, 6.45) is -0.660. The van der Waals surface area contributed by atoms with Gasteiger partial charge in [-0.1, -0.05) is 23.2 Å². The predicted octanol–water partition coefficient (Wildman–Crippen LogP) is 2.77. The van der Waals surface area contributed by atoms with Crippen LogP contribution in [0.2, 0.25) is 10.0 Å². The molecule has 0 radical (unpaired) electrons. The van der Waals surface area contributed by atoms with Crippen molar-refractivity contribution in [2.45, 2.75) is 13.0 Å². The van der Waals surface area contributed by atoms with Crippen LogP contribution in [0.15, 0.2) is 18.2 Å². The maximum atomic E-state index is 9.47. The third-order valence-corrected chi connectivity index (χ3v) is 2.37. The van der Waals surface area contributed by atoms with Crippen LogP contribution in [0.5, 0.6) is 5.75 Å². The zero-order chi connectivity index (χ0) is 12.0. The molecule has 0 aromatic heterocycles. The molecule has 0 fully saturated rings. The molecule has 1 rings (SSSR count). The molecule has 3 nitrogen and oxygen atoms in total. The first kappa shape index (κ1) is 13.6. The zero-order valence-electron chi connectivity index (χ0n) is 8.95. The van der Waals surface area contributed by atoms with Crippen molar-refractivity contribution in [1.29, 1.82) is 0 Å². The van der Waals surface area contributed by atoms with Crippen molar-refractivity contribution in [1.82, 2.24) is 0 Å². The van der Waals surface area contributed by atoms with Gasteiger partial charge in [-0.3, -0.25) is 0 Å². The maximum Gasteiger partial charge on any atom is 0.138 e. The van der Waals surface area contributed by atoms with E-state index >= 15 is 0 Å². The average molecular weight is 265 g/mol. The van der Waals surface area contributed by atoms with E-state index in [1.54, 1.807) is 18.2 Å². The van der Waals surface area contributed by atoms with Crippen LogP contribution in [0.3, 0.4) is 0 Å². The zero-order valence-corrected chi connectivity index (χ0v) is 10.5. The molecule has 5 heteroatoms. The van der Waals surface area contributed by atoms with Crippen molar-refractivity contribution in [2.75, 3.05) is 19.8 Å². The second-order valence-corrected chi connectivity index (χ2v) is 4.04. The van der Waals surface area contributed by atoms with Crippen molar-refractivity contribution in [3.8, 4) is 5.75 Å². The number of hydrogen-bond donors (Lipinski definition) is 1. The van der Waals surface area contributed by atoms with Crippen LogP contribution in [-0.2, 0) is 4.74 Å².